The summed E-state index contributed by atoms with van der Waals surface area (Å²) in [6.45, 7) is 3.56. The van der Waals surface area contributed by atoms with Crippen LogP contribution in [0, 0.1) is 13.8 Å². The maximum atomic E-state index is 12.6. The van der Waals surface area contributed by atoms with Crippen molar-refractivity contribution in [3.05, 3.63) is 76.7 Å². The van der Waals surface area contributed by atoms with Crippen LogP contribution >= 0.6 is 0 Å². The first-order chi connectivity index (χ1) is 16.1. The van der Waals surface area contributed by atoms with Crippen LogP contribution in [0.4, 0.5) is 0 Å². The van der Waals surface area contributed by atoms with Crippen molar-refractivity contribution in [2.24, 2.45) is 0 Å². The van der Waals surface area contributed by atoms with Crippen LogP contribution in [-0.2, 0) is 6.42 Å². The van der Waals surface area contributed by atoms with Crippen molar-refractivity contribution in [1.82, 2.24) is 10.5 Å². The number of ether oxygens (including phenoxy) is 2. The van der Waals surface area contributed by atoms with Gasteiger partial charge in [-0.1, -0.05) is 35.5 Å². The number of hydrogen-bond donors (Lipinski definition) is 1. The van der Waals surface area contributed by atoms with Gasteiger partial charge in [0.25, 0.3) is 5.91 Å². The topological polar surface area (TPSA) is 73.6 Å². The molecule has 1 N–H and O–H groups in total. The molecule has 6 nitrogen and oxygen atoms in total. The molecule has 0 radical (unpaired) electrons. The van der Waals surface area contributed by atoms with E-state index in [9.17, 15) is 4.79 Å². The molecule has 0 spiro atoms. The third kappa shape index (κ3) is 4.75. The van der Waals surface area contributed by atoms with Crippen molar-refractivity contribution >= 4 is 5.91 Å². The summed E-state index contributed by atoms with van der Waals surface area (Å²) >= 11 is 0. The van der Waals surface area contributed by atoms with Crippen LogP contribution in [0.15, 0.2) is 53.1 Å². The van der Waals surface area contributed by atoms with Crippen molar-refractivity contribution in [2.45, 2.75) is 70.6 Å². The number of nitrogens with one attached hydrogen (secondary N) is 1. The lowest BCUT2D eigenvalue weighted by Gasteiger charge is -2.30. The van der Waals surface area contributed by atoms with E-state index in [2.05, 4.69) is 40.8 Å². The number of fused-ring (bicyclic) bond motifs is 1. The number of amides is 1. The second-order valence-electron chi connectivity index (χ2n) is 9.09. The van der Waals surface area contributed by atoms with Gasteiger partial charge in [-0.25, -0.2) is 0 Å². The van der Waals surface area contributed by atoms with E-state index in [1.807, 2.05) is 18.2 Å². The van der Waals surface area contributed by atoms with Gasteiger partial charge in [0.15, 0.2) is 0 Å². The molecule has 1 amide bonds. The average Bonchev–Trinajstić information content (AvgIpc) is 3.18. The Morgan fingerprint density at radius 2 is 1.82 bits per heavy atom. The fraction of sp³-hybridized carbons (Fsp3) is 0.407. The molecule has 172 valence electrons. The standard InChI is InChI=1S/C27H30N2O4/c1-17-26(18(2)33-29-17)27(30)28-21-9-11-22(12-10-21)31-23-13-15-25-20(16-23)8-14-24(32-25)19-6-4-3-5-7-19/h3-7,13,15-16,21-22,24H,8-12,14H2,1-2H3,(H,28,30). The van der Waals surface area contributed by atoms with E-state index in [-0.39, 0.29) is 24.2 Å². The van der Waals surface area contributed by atoms with Gasteiger partial charge in [-0.05, 0) is 81.7 Å². The molecule has 1 fully saturated rings. The zero-order valence-electron chi connectivity index (χ0n) is 19.2. The first-order valence-electron chi connectivity index (χ1n) is 11.8. The SMILES string of the molecule is Cc1noc(C)c1C(=O)NC1CCC(Oc2ccc3c(c2)CCC(c2ccccc2)O3)CC1. The molecule has 2 heterocycles. The highest BCUT2D eigenvalue weighted by Crippen LogP contribution is 2.37. The Morgan fingerprint density at radius 3 is 2.55 bits per heavy atom. The van der Waals surface area contributed by atoms with Gasteiger partial charge in [0.05, 0.1) is 11.8 Å². The van der Waals surface area contributed by atoms with Crippen LogP contribution in [0.1, 0.15) is 71.1 Å². The number of rotatable bonds is 5. The minimum Gasteiger partial charge on any atom is -0.490 e. The summed E-state index contributed by atoms with van der Waals surface area (Å²) in [4.78, 5) is 12.6. The molecule has 1 atom stereocenters. The Balaban J connectivity index is 1.14. The molecule has 0 saturated heterocycles. The van der Waals surface area contributed by atoms with Gasteiger partial charge in [-0.15, -0.1) is 0 Å². The van der Waals surface area contributed by atoms with Crippen LogP contribution in [-0.4, -0.2) is 23.2 Å². The molecule has 1 saturated carbocycles. The molecule has 1 aliphatic carbocycles. The lowest BCUT2D eigenvalue weighted by Crippen LogP contribution is -2.40. The summed E-state index contributed by atoms with van der Waals surface area (Å²) in [7, 11) is 0. The summed E-state index contributed by atoms with van der Waals surface area (Å²) in [6.07, 6.45) is 5.84. The van der Waals surface area contributed by atoms with E-state index in [0.29, 0.717) is 17.0 Å². The second-order valence-corrected chi connectivity index (χ2v) is 9.09. The Kier molecular flexibility index (Phi) is 6.07. The van der Waals surface area contributed by atoms with Crippen LogP contribution in [0.25, 0.3) is 0 Å². The number of benzene rings is 2. The van der Waals surface area contributed by atoms with E-state index >= 15 is 0 Å². The van der Waals surface area contributed by atoms with Crippen molar-refractivity contribution < 1.29 is 18.8 Å². The number of aromatic nitrogens is 1. The Hall–Kier alpha value is -3.28. The van der Waals surface area contributed by atoms with Gasteiger partial charge in [0, 0.05) is 6.04 Å². The van der Waals surface area contributed by atoms with Gasteiger partial charge in [-0.2, -0.15) is 0 Å². The van der Waals surface area contributed by atoms with Crippen LogP contribution in [0.3, 0.4) is 0 Å². The molecule has 1 aromatic heterocycles. The number of hydrogen-bond acceptors (Lipinski definition) is 5. The molecule has 2 aromatic carbocycles. The third-order valence-corrected chi connectivity index (χ3v) is 6.72. The predicted molar refractivity (Wildman–Crippen MR) is 125 cm³/mol. The van der Waals surface area contributed by atoms with Crippen molar-refractivity contribution in [3.8, 4) is 11.5 Å². The summed E-state index contributed by atoms with van der Waals surface area (Å²) in [5, 5.41) is 7.01. The second kappa shape index (κ2) is 9.30. The van der Waals surface area contributed by atoms with E-state index in [4.69, 9.17) is 14.0 Å². The molecular formula is C27H30N2O4. The van der Waals surface area contributed by atoms with Crippen molar-refractivity contribution in [3.63, 3.8) is 0 Å². The summed E-state index contributed by atoms with van der Waals surface area (Å²) in [6, 6.07) is 16.7. The van der Waals surface area contributed by atoms with E-state index in [1.54, 1.807) is 13.8 Å². The normalized spacial score (nSPS) is 22.2. The van der Waals surface area contributed by atoms with Gasteiger partial charge >= 0.3 is 0 Å². The van der Waals surface area contributed by atoms with E-state index in [0.717, 1.165) is 50.0 Å². The fourth-order valence-corrected chi connectivity index (χ4v) is 4.92. The quantitative estimate of drug-likeness (QED) is 0.562. The van der Waals surface area contributed by atoms with Gasteiger partial charge in [0.1, 0.15) is 28.9 Å². The average molecular weight is 447 g/mol. The summed E-state index contributed by atoms with van der Waals surface area (Å²) in [5.41, 5.74) is 3.62. The van der Waals surface area contributed by atoms with Gasteiger partial charge in [-0.3, -0.25) is 4.79 Å². The lowest BCUT2D eigenvalue weighted by molar-refractivity contribution is 0.0891. The van der Waals surface area contributed by atoms with Crippen molar-refractivity contribution in [1.29, 1.82) is 0 Å². The lowest BCUT2D eigenvalue weighted by atomic mass is 9.92. The summed E-state index contributed by atoms with van der Waals surface area (Å²) in [5.74, 6) is 2.32. The first-order valence-corrected chi connectivity index (χ1v) is 11.8. The van der Waals surface area contributed by atoms with Gasteiger partial charge < -0.3 is 19.3 Å². The minimum atomic E-state index is -0.0980. The number of nitrogens with zero attached hydrogens (tertiary/aromatic N) is 1. The van der Waals surface area contributed by atoms with E-state index < -0.39 is 0 Å². The molecule has 1 unspecified atom stereocenters. The van der Waals surface area contributed by atoms with E-state index in [1.165, 1.54) is 11.1 Å². The molecule has 33 heavy (non-hydrogen) atoms. The molecule has 1 aliphatic heterocycles. The molecule has 0 bridgehead atoms. The Morgan fingerprint density at radius 1 is 1.03 bits per heavy atom. The molecular weight excluding hydrogens is 416 g/mol. The smallest absolute Gasteiger partial charge is 0.257 e. The number of carbonyl (C=O) groups is 1. The molecule has 5 rings (SSSR count). The van der Waals surface area contributed by atoms with Crippen LogP contribution in [0.5, 0.6) is 11.5 Å². The summed E-state index contributed by atoms with van der Waals surface area (Å²) < 4.78 is 17.7. The molecule has 2 aliphatic rings. The maximum absolute atomic E-state index is 12.6. The zero-order valence-corrected chi connectivity index (χ0v) is 19.2. The monoisotopic (exact) mass is 446 g/mol. The van der Waals surface area contributed by atoms with Crippen LogP contribution in [0.2, 0.25) is 0 Å². The predicted octanol–water partition coefficient (Wildman–Crippen LogP) is 5.48. The largest absolute Gasteiger partial charge is 0.490 e. The highest BCUT2D eigenvalue weighted by molar-refractivity contribution is 5.96. The molecule has 6 heteroatoms. The third-order valence-electron chi connectivity index (χ3n) is 6.72. The molecule has 3 aromatic rings. The minimum absolute atomic E-state index is 0.0980. The number of aryl methyl sites for hydroxylation is 3. The number of carbonyl (C=O) groups excluding carboxylic acids is 1. The Bertz CT molecular complexity index is 1100. The first kappa shape index (κ1) is 21.6. The highest BCUT2D eigenvalue weighted by Gasteiger charge is 2.27. The highest BCUT2D eigenvalue weighted by atomic mass is 16.5. The van der Waals surface area contributed by atoms with Crippen molar-refractivity contribution in [2.75, 3.05) is 0 Å². The van der Waals surface area contributed by atoms with Gasteiger partial charge in [0.2, 0.25) is 0 Å². The Labute approximate surface area is 194 Å². The zero-order chi connectivity index (χ0) is 22.8. The fourth-order valence-electron chi connectivity index (χ4n) is 4.92. The maximum Gasteiger partial charge on any atom is 0.257 e. The van der Waals surface area contributed by atoms with Crippen LogP contribution < -0.4 is 14.8 Å².